The first kappa shape index (κ1) is 12.3. The number of pyridine rings is 1. The number of aromatic nitrogens is 1. The van der Waals surface area contributed by atoms with Crippen molar-refractivity contribution in [2.75, 3.05) is 6.54 Å². The Morgan fingerprint density at radius 1 is 1.35 bits per heavy atom. The summed E-state index contributed by atoms with van der Waals surface area (Å²) in [5.74, 6) is -0.0309. The lowest BCUT2D eigenvalue weighted by Gasteiger charge is -2.02. The maximum Gasteiger partial charge on any atom is 0.261 e. The smallest absolute Gasteiger partial charge is 0.261 e. The molecule has 2 aromatic rings. The second-order valence-electron chi connectivity index (χ2n) is 3.43. The Morgan fingerprint density at radius 3 is 2.88 bits per heavy atom. The third-order valence-electron chi connectivity index (χ3n) is 2.19. The van der Waals surface area contributed by atoms with Crippen molar-refractivity contribution in [1.82, 2.24) is 10.3 Å². The first-order chi connectivity index (χ1) is 8.25. The zero-order chi connectivity index (χ0) is 12.1. The highest BCUT2D eigenvalue weighted by atomic mass is 79.9. The third-order valence-corrected chi connectivity index (χ3v) is 3.81. The van der Waals surface area contributed by atoms with Crippen molar-refractivity contribution in [1.29, 1.82) is 0 Å². The van der Waals surface area contributed by atoms with Gasteiger partial charge in [0.1, 0.15) is 0 Å². The van der Waals surface area contributed by atoms with Crippen LogP contribution in [0.2, 0.25) is 0 Å². The molecule has 0 fully saturated rings. The molecule has 17 heavy (non-hydrogen) atoms. The number of rotatable bonds is 4. The normalized spacial score (nSPS) is 10.2. The van der Waals surface area contributed by atoms with Gasteiger partial charge in [-0.1, -0.05) is 6.07 Å². The Kier molecular flexibility index (Phi) is 4.28. The number of amides is 1. The monoisotopic (exact) mass is 310 g/mol. The fraction of sp³-hybridized carbons (Fsp3) is 0.167. The van der Waals surface area contributed by atoms with Crippen LogP contribution < -0.4 is 5.32 Å². The highest BCUT2D eigenvalue weighted by molar-refractivity contribution is 9.11. The van der Waals surface area contributed by atoms with Crippen LogP contribution in [0.25, 0.3) is 0 Å². The molecule has 0 unspecified atom stereocenters. The Hall–Kier alpha value is -1.20. The summed E-state index contributed by atoms with van der Waals surface area (Å²) in [6, 6.07) is 9.46. The number of hydrogen-bond acceptors (Lipinski definition) is 3. The molecule has 0 saturated heterocycles. The van der Waals surface area contributed by atoms with Gasteiger partial charge < -0.3 is 5.32 Å². The van der Waals surface area contributed by atoms with Gasteiger partial charge in [0.05, 0.1) is 8.66 Å². The molecule has 0 aliphatic carbocycles. The van der Waals surface area contributed by atoms with Gasteiger partial charge in [0.25, 0.3) is 5.91 Å². The average Bonchev–Trinajstić information content (AvgIpc) is 2.77. The molecule has 2 rings (SSSR count). The molecule has 88 valence electrons. The minimum Gasteiger partial charge on any atom is -0.351 e. The Bertz CT molecular complexity index is 498. The maximum atomic E-state index is 11.7. The number of carbonyl (C=O) groups excluding carboxylic acids is 1. The zero-order valence-corrected chi connectivity index (χ0v) is 11.4. The summed E-state index contributed by atoms with van der Waals surface area (Å²) in [7, 11) is 0. The lowest BCUT2D eigenvalue weighted by atomic mass is 10.3. The van der Waals surface area contributed by atoms with Gasteiger partial charge >= 0.3 is 0 Å². The summed E-state index contributed by atoms with van der Waals surface area (Å²) in [6.07, 6.45) is 2.51. The van der Waals surface area contributed by atoms with Gasteiger partial charge in [-0.15, -0.1) is 11.3 Å². The van der Waals surface area contributed by atoms with E-state index in [0.717, 1.165) is 20.8 Å². The number of halogens is 1. The van der Waals surface area contributed by atoms with Crippen molar-refractivity contribution in [3.63, 3.8) is 0 Å². The molecule has 0 aliphatic heterocycles. The number of nitrogens with one attached hydrogen (secondary N) is 1. The molecule has 0 radical (unpaired) electrons. The maximum absolute atomic E-state index is 11.7. The minimum absolute atomic E-state index is 0.0309. The van der Waals surface area contributed by atoms with Crippen LogP contribution in [0.3, 0.4) is 0 Å². The number of hydrogen-bond donors (Lipinski definition) is 1. The van der Waals surface area contributed by atoms with E-state index in [9.17, 15) is 4.79 Å². The van der Waals surface area contributed by atoms with Crippen molar-refractivity contribution in [3.8, 4) is 0 Å². The Labute approximate surface area is 112 Å². The summed E-state index contributed by atoms with van der Waals surface area (Å²) in [5, 5.41) is 2.87. The highest BCUT2D eigenvalue weighted by Gasteiger charge is 2.07. The van der Waals surface area contributed by atoms with Gasteiger partial charge in [0, 0.05) is 24.9 Å². The second-order valence-corrected chi connectivity index (χ2v) is 5.89. The molecule has 0 aromatic carbocycles. The van der Waals surface area contributed by atoms with Gasteiger partial charge in [-0.3, -0.25) is 9.78 Å². The van der Waals surface area contributed by atoms with E-state index >= 15 is 0 Å². The molecule has 1 amide bonds. The zero-order valence-electron chi connectivity index (χ0n) is 9.02. The van der Waals surface area contributed by atoms with E-state index in [2.05, 4.69) is 26.2 Å². The fourth-order valence-electron chi connectivity index (χ4n) is 1.37. The summed E-state index contributed by atoms with van der Waals surface area (Å²) in [4.78, 5) is 16.6. The average molecular weight is 311 g/mol. The van der Waals surface area contributed by atoms with Crippen LogP contribution in [0.5, 0.6) is 0 Å². The second kappa shape index (κ2) is 5.93. The van der Waals surface area contributed by atoms with Gasteiger partial charge in [-0.25, -0.2) is 0 Å². The first-order valence-electron chi connectivity index (χ1n) is 5.19. The largest absolute Gasteiger partial charge is 0.351 e. The molecule has 0 aliphatic rings. The molecule has 0 spiro atoms. The number of thiophene rings is 1. The van der Waals surface area contributed by atoms with Crippen LogP contribution in [-0.4, -0.2) is 17.4 Å². The van der Waals surface area contributed by atoms with Crippen molar-refractivity contribution in [2.24, 2.45) is 0 Å². The standard InChI is InChI=1S/C12H11BrN2OS/c13-11-5-4-10(17-11)12(16)15-8-6-9-3-1-2-7-14-9/h1-5,7H,6,8H2,(H,15,16). The van der Waals surface area contributed by atoms with Gasteiger partial charge in [0.2, 0.25) is 0 Å². The lowest BCUT2D eigenvalue weighted by Crippen LogP contribution is -2.25. The van der Waals surface area contributed by atoms with Crippen LogP contribution in [0, 0.1) is 0 Å². The molecule has 1 N–H and O–H groups in total. The van der Waals surface area contributed by atoms with E-state index in [-0.39, 0.29) is 5.91 Å². The molecular formula is C12H11BrN2OS. The minimum atomic E-state index is -0.0309. The highest BCUT2D eigenvalue weighted by Crippen LogP contribution is 2.21. The molecule has 0 atom stereocenters. The molecule has 3 nitrogen and oxygen atoms in total. The van der Waals surface area contributed by atoms with Crippen molar-refractivity contribution in [3.05, 3.63) is 50.9 Å². The summed E-state index contributed by atoms with van der Waals surface area (Å²) in [6.45, 7) is 0.603. The van der Waals surface area contributed by atoms with E-state index in [1.807, 2.05) is 30.3 Å². The van der Waals surface area contributed by atoms with E-state index < -0.39 is 0 Å². The van der Waals surface area contributed by atoms with Crippen molar-refractivity contribution < 1.29 is 4.79 Å². The summed E-state index contributed by atoms with van der Waals surface area (Å²) < 4.78 is 0.965. The predicted molar refractivity (Wildman–Crippen MR) is 72.3 cm³/mol. The first-order valence-corrected chi connectivity index (χ1v) is 6.80. The molecule has 0 saturated carbocycles. The van der Waals surface area contributed by atoms with Crippen LogP contribution in [0.15, 0.2) is 40.3 Å². The fourth-order valence-corrected chi connectivity index (χ4v) is 2.68. The topological polar surface area (TPSA) is 42.0 Å². The van der Waals surface area contributed by atoms with Crippen LogP contribution in [0.4, 0.5) is 0 Å². The van der Waals surface area contributed by atoms with Gasteiger partial charge in [-0.05, 0) is 40.2 Å². The van der Waals surface area contributed by atoms with E-state index in [1.165, 1.54) is 11.3 Å². The summed E-state index contributed by atoms with van der Waals surface area (Å²) in [5.41, 5.74) is 0.986. The Morgan fingerprint density at radius 2 is 2.24 bits per heavy atom. The SMILES string of the molecule is O=C(NCCc1ccccn1)c1ccc(Br)s1. The number of carbonyl (C=O) groups is 1. The van der Waals surface area contributed by atoms with Crippen LogP contribution in [-0.2, 0) is 6.42 Å². The third kappa shape index (κ3) is 3.64. The van der Waals surface area contributed by atoms with Gasteiger partial charge in [0.15, 0.2) is 0 Å². The van der Waals surface area contributed by atoms with Crippen molar-refractivity contribution in [2.45, 2.75) is 6.42 Å². The molecule has 2 aromatic heterocycles. The van der Waals surface area contributed by atoms with E-state index in [4.69, 9.17) is 0 Å². The lowest BCUT2D eigenvalue weighted by molar-refractivity contribution is 0.0958. The Balaban J connectivity index is 1.81. The van der Waals surface area contributed by atoms with Crippen LogP contribution >= 0.6 is 27.3 Å². The summed E-state index contributed by atoms with van der Waals surface area (Å²) >= 11 is 4.76. The molecule has 0 bridgehead atoms. The van der Waals surface area contributed by atoms with Crippen molar-refractivity contribution >= 4 is 33.2 Å². The van der Waals surface area contributed by atoms with Gasteiger partial charge in [-0.2, -0.15) is 0 Å². The number of nitrogens with zero attached hydrogens (tertiary/aromatic N) is 1. The molecule has 2 heterocycles. The van der Waals surface area contributed by atoms with E-state index in [1.54, 1.807) is 6.20 Å². The molecular weight excluding hydrogens is 300 g/mol. The van der Waals surface area contributed by atoms with E-state index in [0.29, 0.717) is 6.54 Å². The predicted octanol–water partition coefficient (Wildman–Crippen LogP) is 2.88. The molecule has 5 heteroatoms. The van der Waals surface area contributed by atoms with Crippen LogP contribution in [0.1, 0.15) is 15.4 Å². The quantitative estimate of drug-likeness (QED) is 0.943.